The largest absolute Gasteiger partial charge is 0.480 e. The molecule has 0 aliphatic rings. The number of aliphatic carboxylic acids is 1. The van der Waals surface area contributed by atoms with Crippen LogP contribution in [0.1, 0.15) is 13.3 Å². The molecule has 0 aliphatic heterocycles. The lowest BCUT2D eigenvalue weighted by molar-refractivity contribution is -0.139. The summed E-state index contributed by atoms with van der Waals surface area (Å²) in [7, 11) is -3.98. The number of pyridine rings is 1. The van der Waals surface area contributed by atoms with Gasteiger partial charge in [-0.05, 0) is 35.9 Å². The van der Waals surface area contributed by atoms with E-state index < -0.39 is 54.3 Å². The van der Waals surface area contributed by atoms with Gasteiger partial charge in [0.25, 0.3) is 5.56 Å². The number of carboxylic acid groups (broad SMARTS) is 1. The Morgan fingerprint density at radius 3 is 2.43 bits per heavy atom. The first-order valence-electron chi connectivity index (χ1n) is 5.58. The summed E-state index contributed by atoms with van der Waals surface area (Å²) in [6.07, 6.45) is 0.970. The molecular formula is C11H12F2INO5S. The number of halogens is 3. The normalized spacial score (nSPS) is 14.7. The third kappa shape index (κ3) is 3.42. The van der Waals surface area contributed by atoms with Gasteiger partial charge in [-0.15, -0.1) is 0 Å². The fourth-order valence-electron chi connectivity index (χ4n) is 1.53. The highest BCUT2D eigenvalue weighted by molar-refractivity contribution is 14.1. The van der Waals surface area contributed by atoms with E-state index in [0.29, 0.717) is 4.57 Å². The standard InChI is InChI=1S/C11H12F2INO5S/c1-11(10(17)18,21(2,19)20)3-4-15-5-6(12)8(14)7(13)9(15)16/h5H,3-4H2,1-2H3,(H,17,18)/t11-/m1/s1. The Labute approximate surface area is 132 Å². The van der Waals surface area contributed by atoms with Gasteiger partial charge < -0.3 is 9.67 Å². The van der Waals surface area contributed by atoms with Gasteiger partial charge in [0.05, 0.1) is 3.57 Å². The van der Waals surface area contributed by atoms with E-state index in [1.165, 1.54) is 22.6 Å². The van der Waals surface area contributed by atoms with Gasteiger partial charge >= 0.3 is 5.97 Å². The van der Waals surface area contributed by atoms with Crippen LogP contribution in [0.3, 0.4) is 0 Å². The minimum atomic E-state index is -3.98. The molecule has 0 aromatic carbocycles. The van der Waals surface area contributed by atoms with Gasteiger partial charge in [0, 0.05) is 19.0 Å². The maximum atomic E-state index is 13.4. The van der Waals surface area contributed by atoms with Crippen molar-refractivity contribution in [2.24, 2.45) is 0 Å². The summed E-state index contributed by atoms with van der Waals surface area (Å²) in [4.78, 5) is 22.7. The van der Waals surface area contributed by atoms with Gasteiger partial charge in [0.1, 0.15) is 0 Å². The third-order valence-corrected chi connectivity index (χ3v) is 6.23. The number of hydrogen-bond acceptors (Lipinski definition) is 4. The Morgan fingerprint density at radius 2 is 2.00 bits per heavy atom. The molecule has 21 heavy (non-hydrogen) atoms. The van der Waals surface area contributed by atoms with Crippen molar-refractivity contribution in [3.63, 3.8) is 0 Å². The summed E-state index contributed by atoms with van der Waals surface area (Å²) in [5.41, 5.74) is -1.14. The van der Waals surface area contributed by atoms with E-state index in [1.807, 2.05) is 0 Å². The molecule has 0 spiro atoms. The number of aryl methyl sites for hydroxylation is 1. The zero-order valence-corrected chi connectivity index (χ0v) is 14.0. The molecule has 0 aliphatic carbocycles. The van der Waals surface area contributed by atoms with Gasteiger partial charge in [0.15, 0.2) is 20.4 Å². The number of hydrogen-bond donors (Lipinski definition) is 1. The van der Waals surface area contributed by atoms with Crippen LogP contribution in [0.5, 0.6) is 0 Å². The number of aromatic nitrogens is 1. The van der Waals surface area contributed by atoms with E-state index in [2.05, 4.69) is 0 Å². The van der Waals surface area contributed by atoms with Crippen LogP contribution in [-0.2, 0) is 21.2 Å². The summed E-state index contributed by atoms with van der Waals surface area (Å²) in [5, 5.41) is 9.05. The predicted molar refractivity (Wildman–Crippen MR) is 78.8 cm³/mol. The molecule has 0 saturated heterocycles. The summed E-state index contributed by atoms with van der Waals surface area (Å²) >= 11 is 1.33. The van der Waals surface area contributed by atoms with Gasteiger partial charge in [-0.3, -0.25) is 9.59 Å². The molecule has 0 radical (unpaired) electrons. The van der Waals surface area contributed by atoms with Crippen molar-refractivity contribution < 1.29 is 27.1 Å². The number of rotatable bonds is 5. The highest BCUT2D eigenvalue weighted by Crippen LogP contribution is 2.22. The van der Waals surface area contributed by atoms with E-state index in [1.54, 1.807) is 0 Å². The molecule has 1 atom stereocenters. The lowest BCUT2D eigenvalue weighted by Crippen LogP contribution is -2.44. The van der Waals surface area contributed by atoms with E-state index in [-0.39, 0.29) is 0 Å². The average molecular weight is 435 g/mol. The van der Waals surface area contributed by atoms with E-state index in [9.17, 15) is 26.8 Å². The van der Waals surface area contributed by atoms with Crippen LogP contribution in [0.4, 0.5) is 8.78 Å². The zero-order chi connectivity index (χ0) is 16.6. The van der Waals surface area contributed by atoms with Crippen molar-refractivity contribution in [3.8, 4) is 0 Å². The first kappa shape index (κ1) is 18.0. The monoisotopic (exact) mass is 435 g/mol. The predicted octanol–water partition coefficient (Wildman–Crippen LogP) is 1.01. The molecule has 6 nitrogen and oxygen atoms in total. The quantitative estimate of drug-likeness (QED) is 0.698. The molecule has 1 heterocycles. The minimum absolute atomic E-state index is 0.445. The second kappa shape index (κ2) is 5.99. The molecular weight excluding hydrogens is 423 g/mol. The van der Waals surface area contributed by atoms with Gasteiger partial charge in [0.2, 0.25) is 5.82 Å². The molecule has 0 amide bonds. The second-order valence-electron chi connectivity index (χ2n) is 4.66. The van der Waals surface area contributed by atoms with Crippen LogP contribution >= 0.6 is 22.6 Å². The van der Waals surface area contributed by atoms with Crippen LogP contribution in [0.2, 0.25) is 0 Å². The van der Waals surface area contributed by atoms with Gasteiger partial charge in [-0.1, -0.05) is 0 Å². The Balaban J connectivity index is 3.20. The van der Waals surface area contributed by atoms with Gasteiger partial charge in [-0.2, -0.15) is 4.39 Å². The fraction of sp³-hybridized carbons (Fsp3) is 0.455. The number of sulfone groups is 1. The third-order valence-electron chi connectivity index (χ3n) is 3.22. The molecule has 1 rings (SSSR count). The first-order chi connectivity index (χ1) is 9.41. The molecule has 1 aromatic heterocycles. The Bertz CT molecular complexity index is 746. The molecule has 0 bridgehead atoms. The maximum Gasteiger partial charge on any atom is 0.324 e. The van der Waals surface area contributed by atoms with Crippen molar-refractivity contribution in [1.82, 2.24) is 4.57 Å². The van der Waals surface area contributed by atoms with Crippen molar-refractivity contribution in [1.29, 1.82) is 0 Å². The lowest BCUT2D eigenvalue weighted by atomic mass is 10.1. The SMILES string of the molecule is C[C@@](CCn1cc(F)c(I)c(F)c1=O)(C(=O)O)S(C)(=O)=O. The van der Waals surface area contributed by atoms with Crippen LogP contribution in [0.15, 0.2) is 11.0 Å². The van der Waals surface area contributed by atoms with E-state index in [0.717, 1.165) is 19.4 Å². The summed E-state index contributed by atoms with van der Waals surface area (Å²) < 4.78 is 48.0. The molecule has 0 saturated carbocycles. The molecule has 10 heteroatoms. The molecule has 118 valence electrons. The van der Waals surface area contributed by atoms with Crippen LogP contribution < -0.4 is 5.56 Å². The second-order valence-corrected chi connectivity index (χ2v) is 8.19. The van der Waals surface area contributed by atoms with Crippen LogP contribution in [0, 0.1) is 15.2 Å². The summed E-state index contributed by atoms with van der Waals surface area (Å²) in [5.74, 6) is -3.87. The zero-order valence-electron chi connectivity index (χ0n) is 11.1. The van der Waals surface area contributed by atoms with Crippen molar-refractivity contribution in [2.75, 3.05) is 6.26 Å². The molecule has 0 fully saturated rings. The smallest absolute Gasteiger partial charge is 0.324 e. The highest BCUT2D eigenvalue weighted by atomic mass is 127. The number of carboxylic acids is 1. The Hall–Kier alpha value is -1.04. The van der Waals surface area contributed by atoms with Gasteiger partial charge in [-0.25, -0.2) is 12.8 Å². The first-order valence-corrected chi connectivity index (χ1v) is 8.55. The van der Waals surface area contributed by atoms with E-state index in [4.69, 9.17) is 5.11 Å². The summed E-state index contributed by atoms with van der Waals surface area (Å²) in [6.45, 7) is 0.536. The lowest BCUT2D eigenvalue weighted by Gasteiger charge is -2.23. The Kier molecular flexibility index (Phi) is 5.13. The molecule has 1 aromatic rings. The van der Waals surface area contributed by atoms with Crippen molar-refractivity contribution >= 4 is 38.4 Å². The Morgan fingerprint density at radius 1 is 1.48 bits per heavy atom. The van der Waals surface area contributed by atoms with Crippen molar-refractivity contribution in [2.45, 2.75) is 24.6 Å². The number of carbonyl (C=O) groups is 1. The summed E-state index contributed by atoms with van der Waals surface area (Å²) in [6, 6.07) is 0. The minimum Gasteiger partial charge on any atom is -0.480 e. The molecule has 1 N–H and O–H groups in total. The van der Waals surface area contributed by atoms with Crippen molar-refractivity contribution in [3.05, 3.63) is 31.8 Å². The average Bonchev–Trinajstić information content (AvgIpc) is 2.37. The highest BCUT2D eigenvalue weighted by Gasteiger charge is 2.43. The maximum absolute atomic E-state index is 13.4. The van der Waals surface area contributed by atoms with Crippen LogP contribution in [0.25, 0.3) is 0 Å². The fourth-order valence-corrected chi connectivity index (χ4v) is 2.68. The van der Waals surface area contributed by atoms with E-state index >= 15 is 0 Å². The topological polar surface area (TPSA) is 93.4 Å². The van der Waals surface area contributed by atoms with Crippen LogP contribution in [-0.4, -0.2) is 35.1 Å². The number of nitrogens with zero attached hydrogens (tertiary/aromatic N) is 1. The molecule has 0 unspecified atom stereocenters.